The minimum Gasteiger partial charge on any atom is -0.486 e. The summed E-state index contributed by atoms with van der Waals surface area (Å²) in [4.78, 5) is 18.9. The molecular weight excluding hydrogens is 395 g/mol. The SMILES string of the molecule is O=C(CCc1c(Cl)cccc1Cl)N1CC[C@@H](Oc2cccc3cccnc23)C1. The number of rotatable bonds is 5. The molecule has 1 aliphatic rings. The van der Waals surface area contributed by atoms with E-state index in [9.17, 15) is 4.79 Å². The maximum Gasteiger partial charge on any atom is 0.223 e. The molecule has 144 valence electrons. The first-order valence-electron chi connectivity index (χ1n) is 9.33. The maximum absolute atomic E-state index is 12.6. The first-order chi connectivity index (χ1) is 13.6. The lowest BCUT2D eigenvalue weighted by Gasteiger charge is -2.18. The molecule has 4 nitrogen and oxygen atoms in total. The van der Waals surface area contributed by atoms with E-state index >= 15 is 0 Å². The lowest BCUT2D eigenvalue weighted by atomic mass is 10.1. The number of pyridine rings is 1. The highest BCUT2D eigenvalue weighted by molar-refractivity contribution is 6.36. The molecule has 6 heteroatoms. The van der Waals surface area contributed by atoms with Crippen LogP contribution in [0, 0.1) is 0 Å². The van der Waals surface area contributed by atoms with E-state index in [0.717, 1.165) is 28.6 Å². The van der Waals surface area contributed by atoms with Gasteiger partial charge in [0.2, 0.25) is 5.91 Å². The van der Waals surface area contributed by atoms with Crippen molar-refractivity contribution < 1.29 is 9.53 Å². The van der Waals surface area contributed by atoms with Crippen LogP contribution in [0.15, 0.2) is 54.7 Å². The van der Waals surface area contributed by atoms with Crippen LogP contribution in [0.2, 0.25) is 10.0 Å². The molecule has 0 spiro atoms. The molecule has 1 amide bonds. The number of aromatic nitrogens is 1. The van der Waals surface area contributed by atoms with Gasteiger partial charge in [0, 0.05) is 41.0 Å². The Bertz CT molecular complexity index is 983. The maximum atomic E-state index is 12.6. The largest absolute Gasteiger partial charge is 0.486 e. The van der Waals surface area contributed by atoms with Crippen molar-refractivity contribution in [3.8, 4) is 5.75 Å². The number of para-hydroxylation sites is 1. The number of ether oxygens (including phenoxy) is 1. The highest BCUT2D eigenvalue weighted by atomic mass is 35.5. The van der Waals surface area contributed by atoms with Crippen LogP contribution in [-0.4, -0.2) is 35.0 Å². The molecule has 0 saturated carbocycles. The second kappa shape index (κ2) is 8.38. The number of halogens is 2. The monoisotopic (exact) mass is 414 g/mol. The minimum absolute atomic E-state index is 0.0274. The number of fused-ring (bicyclic) bond motifs is 1. The van der Waals surface area contributed by atoms with Gasteiger partial charge in [-0.1, -0.05) is 47.5 Å². The summed E-state index contributed by atoms with van der Waals surface area (Å²) in [5.41, 5.74) is 1.68. The van der Waals surface area contributed by atoms with Crippen molar-refractivity contribution in [3.63, 3.8) is 0 Å². The van der Waals surface area contributed by atoms with Crippen LogP contribution in [0.25, 0.3) is 10.9 Å². The van der Waals surface area contributed by atoms with Gasteiger partial charge < -0.3 is 9.64 Å². The number of benzene rings is 2. The van der Waals surface area contributed by atoms with Crippen LogP contribution < -0.4 is 4.74 Å². The van der Waals surface area contributed by atoms with E-state index in [-0.39, 0.29) is 12.0 Å². The highest BCUT2D eigenvalue weighted by Crippen LogP contribution is 2.28. The topological polar surface area (TPSA) is 42.4 Å². The number of hydrogen-bond acceptors (Lipinski definition) is 3. The number of amides is 1. The molecule has 0 bridgehead atoms. The van der Waals surface area contributed by atoms with Crippen LogP contribution in [-0.2, 0) is 11.2 Å². The average Bonchev–Trinajstić information content (AvgIpc) is 3.16. The van der Waals surface area contributed by atoms with E-state index < -0.39 is 0 Å². The van der Waals surface area contributed by atoms with E-state index in [0.29, 0.717) is 36.0 Å². The lowest BCUT2D eigenvalue weighted by molar-refractivity contribution is -0.130. The van der Waals surface area contributed by atoms with Gasteiger partial charge in [0.15, 0.2) is 0 Å². The molecule has 0 aliphatic carbocycles. The van der Waals surface area contributed by atoms with Gasteiger partial charge in [-0.05, 0) is 36.2 Å². The van der Waals surface area contributed by atoms with Gasteiger partial charge in [-0.25, -0.2) is 0 Å². The zero-order valence-corrected chi connectivity index (χ0v) is 16.8. The van der Waals surface area contributed by atoms with E-state index in [1.54, 1.807) is 24.4 Å². The molecule has 0 radical (unpaired) electrons. The Labute approximate surface area is 174 Å². The minimum atomic E-state index is -0.0274. The van der Waals surface area contributed by atoms with Crippen LogP contribution in [0.5, 0.6) is 5.75 Å². The predicted octanol–water partition coefficient (Wildman–Crippen LogP) is 5.15. The van der Waals surface area contributed by atoms with Crippen molar-refractivity contribution in [2.24, 2.45) is 0 Å². The fourth-order valence-electron chi connectivity index (χ4n) is 3.56. The first kappa shape index (κ1) is 19.0. The van der Waals surface area contributed by atoms with Gasteiger partial charge in [0.25, 0.3) is 0 Å². The Morgan fingerprint density at radius 3 is 2.68 bits per heavy atom. The average molecular weight is 415 g/mol. The zero-order chi connectivity index (χ0) is 19.5. The number of carbonyl (C=O) groups is 1. The molecule has 2 aromatic carbocycles. The Hall–Kier alpha value is -2.30. The van der Waals surface area contributed by atoms with Gasteiger partial charge in [-0.15, -0.1) is 0 Å². The number of nitrogens with zero attached hydrogens (tertiary/aromatic N) is 2. The molecule has 1 atom stereocenters. The molecule has 1 saturated heterocycles. The van der Waals surface area contributed by atoms with Crippen LogP contribution in [0.1, 0.15) is 18.4 Å². The normalized spacial score (nSPS) is 16.5. The molecule has 1 aromatic heterocycles. The summed E-state index contributed by atoms with van der Waals surface area (Å²) in [5.74, 6) is 0.860. The molecule has 4 rings (SSSR count). The summed E-state index contributed by atoms with van der Waals surface area (Å²) in [7, 11) is 0. The van der Waals surface area contributed by atoms with E-state index in [2.05, 4.69) is 4.98 Å². The molecule has 1 aliphatic heterocycles. The summed E-state index contributed by atoms with van der Waals surface area (Å²) in [6.07, 6.45) is 3.46. The van der Waals surface area contributed by atoms with Crippen molar-refractivity contribution in [3.05, 3.63) is 70.3 Å². The van der Waals surface area contributed by atoms with Crippen molar-refractivity contribution in [2.75, 3.05) is 13.1 Å². The summed E-state index contributed by atoms with van der Waals surface area (Å²) < 4.78 is 6.17. The van der Waals surface area contributed by atoms with Crippen molar-refractivity contribution in [1.82, 2.24) is 9.88 Å². The lowest BCUT2D eigenvalue weighted by Crippen LogP contribution is -2.31. The number of hydrogen-bond donors (Lipinski definition) is 0. The van der Waals surface area contributed by atoms with Gasteiger partial charge >= 0.3 is 0 Å². The predicted molar refractivity (Wildman–Crippen MR) is 112 cm³/mol. The Morgan fingerprint density at radius 2 is 1.86 bits per heavy atom. The van der Waals surface area contributed by atoms with Crippen molar-refractivity contribution >= 4 is 40.0 Å². The van der Waals surface area contributed by atoms with E-state index in [1.165, 1.54) is 0 Å². The highest BCUT2D eigenvalue weighted by Gasteiger charge is 2.28. The third-order valence-corrected chi connectivity index (χ3v) is 5.75. The molecule has 0 unspecified atom stereocenters. The van der Waals surface area contributed by atoms with Crippen LogP contribution in [0.4, 0.5) is 0 Å². The van der Waals surface area contributed by atoms with Gasteiger partial charge in [-0.2, -0.15) is 0 Å². The molecule has 3 aromatic rings. The van der Waals surface area contributed by atoms with Crippen LogP contribution in [0.3, 0.4) is 0 Å². The fourth-order valence-corrected chi connectivity index (χ4v) is 4.15. The number of carbonyl (C=O) groups excluding carboxylic acids is 1. The smallest absolute Gasteiger partial charge is 0.223 e. The van der Waals surface area contributed by atoms with Crippen molar-refractivity contribution in [1.29, 1.82) is 0 Å². The molecule has 1 fully saturated rings. The Balaban J connectivity index is 1.36. The summed E-state index contributed by atoms with van der Waals surface area (Å²) in [6.45, 7) is 1.27. The van der Waals surface area contributed by atoms with Crippen LogP contribution >= 0.6 is 23.2 Å². The quantitative estimate of drug-likeness (QED) is 0.579. The van der Waals surface area contributed by atoms with Gasteiger partial charge in [0.05, 0.1) is 6.54 Å². The Morgan fingerprint density at radius 1 is 1.11 bits per heavy atom. The standard InChI is InChI=1S/C22H20Cl2N2O2/c23-18-6-2-7-19(24)17(18)9-10-21(27)26-13-11-16(14-26)28-20-8-1-4-15-5-3-12-25-22(15)20/h1-8,12,16H,9-11,13-14H2/t16-/m1/s1. The molecule has 28 heavy (non-hydrogen) atoms. The second-order valence-corrected chi connectivity index (χ2v) is 7.71. The van der Waals surface area contributed by atoms with Gasteiger partial charge in [0.1, 0.15) is 17.4 Å². The first-order valence-corrected chi connectivity index (χ1v) is 10.1. The number of likely N-dealkylation sites (tertiary alicyclic amines) is 1. The van der Waals surface area contributed by atoms with Gasteiger partial charge in [-0.3, -0.25) is 9.78 Å². The third kappa shape index (κ3) is 4.08. The molecule has 0 N–H and O–H groups in total. The molecule has 2 heterocycles. The van der Waals surface area contributed by atoms with E-state index in [1.807, 2.05) is 35.2 Å². The fraction of sp³-hybridized carbons (Fsp3) is 0.273. The van der Waals surface area contributed by atoms with E-state index in [4.69, 9.17) is 27.9 Å². The molecular formula is C22H20Cl2N2O2. The second-order valence-electron chi connectivity index (χ2n) is 6.90. The summed E-state index contributed by atoms with van der Waals surface area (Å²) in [6, 6.07) is 15.2. The summed E-state index contributed by atoms with van der Waals surface area (Å²) >= 11 is 12.4. The van der Waals surface area contributed by atoms with Crippen molar-refractivity contribution in [2.45, 2.75) is 25.4 Å². The Kier molecular flexibility index (Phi) is 5.69. The zero-order valence-electron chi connectivity index (χ0n) is 15.3. The summed E-state index contributed by atoms with van der Waals surface area (Å²) in [5, 5.41) is 2.25. The third-order valence-electron chi connectivity index (χ3n) is 5.04.